The van der Waals surface area contributed by atoms with Gasteiger partial charge in [0.15, 0.2) is 9.90 Å². The molecule has 6 nitrogen and oxygen atoms in total. The Morgan fingerprint density at radius 1 is 1.62 bits per heavy atom. The molecule has 0 unspecified atom stereocenters. The quantitative estimate of drug-likeness (QED) is 0.788. The second-order valence-corrected chi connectivity index (χ2v) is 5.69. The van der Waals surface area contributed by atoms with Crippen molar-refractivity contribution in [3.8, 4) is 0 Å². The lowest BCUT2D eigenvalue weighted by Crippen LogP contribution is -2.25. The van der Waals surface area contributed by atoms with Crippen molar-refractivity contribution in [3.63, 3.8) is 0 Å². The molecule has 0 aliphatic heterocycles. The van der Waals surface area contributed by atoms with E-state index in [1.807, 2.05) is 6.92 Å². The van der Waals surface area contributed by atoms with E-state index in [2.05, 4.69) is 14.4 Å². The number of hydrogen-bond acceptors (Lipinski definition) is 6. The fourth-order valence-electron chi connectivity index (χ4n) is 0.961. The molecule has 0 spiro atoms. The van der Waals surface area contributed by atoms with Gasteiger partial charge in [-0.2, -0.15) is 0 Å². The summed E-state index contributed by atoms with van der Waals surface area (Å²) in [7, 11) is -2.48. The first-order valence-electron chi connectivity index (χ1n) is 4.54. The number of thiazole rings is 1. The molecule has 0 saturated carbocycles. The summed E-state index contributed by atoms with van der Waals surface area (Å²) in [4.78, 5) is 14.9. The second kappa shape index (κ2) is 5.37. The lowest BCUT2D eigenvalue weighted by atomic mass is 10.5. The predicted octanol–water partition coefficient (Wildman–Crippen LogP) is 0.618. The number of ether oxygens (including phenoxy) is 1. The van der Waals surface area contributed by atoms with Gasteiger partial charge in [0, 0.05) is 6.54 Å². The molecule has 0 bridgehead atoms. The molecule has 0 aromatic carbocycles. The van der Waals surface area contributed by atoms with E-state index >= 15 is 0 Å². The van der Waals surface area contributed by atoms with Crippen molar-refractivity contribution in [2.45, 2.75) is 17.6 Å². The van der Waals surface area contributed by atoms with Crippen LogP contribution in [-0.2, 0) is 14.8 Å². The van der Waals surface area contributed by atoms with Crippen LogP contribution in [0, 0.1) is 0 Å². The highest BCUT2D eigenvalue weighted by Crippen LogP contribution is 2.20. The van der Waals surface area contributed by atoms with Crippen LogP contribution in [-0.4, -0.2) is 33.0 Å². The van der Waals surface area contributed by atoms with Gasteiger partial charge in [0.25, 0.3) is 10.0 Å². The third kappa shape index (κ3) is 2.77. The highest BCUT2D eigenvalue weighted by atomic mass is 32.2. The monoisotopic (exact) mass is 264 g/mol. The Hall–Kier alpha value is -0.990. The maximum absolute atomic E-state index is 11.7. The Bertz CT molecular complexity index is 466. The van der Waals surface area contributed by atoms with E-state index in [0.29, 0.717) is 13.0 Å². The summed E-state index contributed by atoms with van der Waals surface area (Å²) in [6.07, 6.45) is 0.672. The molecular formula is C8H12N2O4S2. The average Bonchev–Trinajstić information content (AvgIpc) is 2.75. The molecule has 90 valence electrons. The van der Waals surface area contributed by atoms with E-state index in [-0.39, 0.29) is 9.90 Å². The zero-order chi connectivity index (χ0) is 12.2. The van der Waals surface area contributed by atoms with Crippen molar-refractivity contribution in [2.75, 3.05) is 13.7 Å². The van der Waals surface area contributed by atoms with Gasteiger partial charge in [-0.1, -0.05) is 6.92 Å². The predicted molar refractivity (Wildman–Crippen MR) is 58.9 cm³/mol. The first-order valence-corrected chi connectivity index (χ1v) is 6.90. The Kier molecular flexibility index (Phi) is 4.39. The fourth-order valence-corrected chi connectivity index (χ4v) is 3.27. The maximum atomic E-state index is 11.7. The van der Waals surface area contributed by atoms with Crippen molar-refractivity contribution in [3.05, 3.63) is 11.2 Å². The van der Waals surface area contributed by atoms with Gasteiger partial charge in [0.1, 0.15) is 0 Å². The van der Waals surface area contributed by atoms with E-state index < -0.39 is 16.0 Å². The zero-order valence-electron chi connectivity index (χ0n) is 8.89. The van der Waals surface area contributed by atoms with Crippen LogP contribution in [0.1, 0.15) is 23.8 Å². The number of rotatable bonds is 5. The smallest absolute Gasteiger partial charge is 0.358 e. The van der Waals surface area contributed by atoms with Crippen LogP contribution in [0.15, 0.2) is 9.72 Å². The van der Waals surface area contributed by atoms with Crippen LogP contribution in [0.3, 0.4) is 0 Å². The lowest BCUT2D eigenvalue weighted by Gasteiger charge is -2.04. The molecule has 16 heavy (non-hydrogen) atoms. The molecule has 1 aromatic rings. The highest BCUT2D eigenvalue weighted by molar-refractivity contribution is 7.91. The third-order valence-electron chi connectivity index (χ3n) is 1.70. The number of carbonyl (C=O) groups excluding carboxylic acids is 1. The van der Waals surface area contributed by atoms with E-state index in [4.69, 9.17) is 0 Å². The highest BCUT2D eigenvalue weighted by Gasteiger charge is 2.25. The van der Waals surface area contributed by atoms with Gasteiger partial charge < -0.3 is 4.74 Å². The Labute approximate surface area is 97.7 Å². The standard InChI is InChI=1S/C8H12N2O4S2/c1-3-4-10-16(12,13)8-6(7(11)14-2)9-5-15-8/h5,10H,3-4H2,1-2H3. The number of hydrogen-bond donors (Lipinski definition) is 1. The van der Waals surface area contributed by atoms with Crippen LogP contribution in [0.4, 0.5) is 0 Å². The number of methoxy groups -OCH3 is 1. The Morgan fingerprint density at radius 2 is 2.31 bits per heavy atom. The summed E-state index contributed by atoms with van der Waals surface area (Å²) in [5, 5.41) is 0. The topological polar surface area (TPSA) is 85.4 Å². The van der Waals surface area contributed by atoms with Gasteiger partial charge in [0.05, 0.1) is 12.6 Å². The normalized spacial score (nSPS) is 11.4. The van der Waals surface area contributed by atoms with Crippen molar-refractivity contribution in [2.24, 2.45) is 0 Å². The molecule has 1 aromatic heterocycles. The third-order valence-corrected chi connectivity index (χ3v) is 4.53. The summed E-state index contributed by atoms with van der Waals surface area (Å²) in [6.45, 7) is 2.16. The number of aromatic nitrogens is 1. The largest absolute Gasteiger partial charge is 0.464 e. The number of nitrogens with zero attached hydrogens (tertiary/aromatic N) is 1. The molecule has 1 N–H and O–H groups in total. The van der Waals surface area contributed by atoms with Crippen molar-refractivity contribution >= 4 is 27.3 Å². The number of carbonyl (C=O) groups is 1. The van der Waals surface area contributed by atoms with Gasteiger partial charge >= 0.3 is 5.97 Å². The van der Waals surface area contributed by atoms with Crippen LogP contribution in [0.5, 0.6) is 0 Å². The maximum Gasteiger partial charge on any atom is 0.358 e. The first kappa shape index (κ1) is 13.1. The second-order valence-electron chi connectivity index (χ2n) is 2.88. The van der Waals surface area contributed by atoms with E-state index in [0.717, 1.165) is 11.3 Å². The molecule has 8 heteroatoms. The number of nitrogens with one attached hydrogen (secondary N) is 1. The average molecular weight is 264 g/mol. The fraction of sp³-hybridized carbons (Fsp3) is 0.500. The van der Waals surface area contributed by atoms with Gasteiger partial charge in [-0.05, 0) is 6.42 Å². The van der Waals surface area contributed by atoms with Crippen LogP contribution in [0.25, 0.3) is 0 Å². The minimum Gasteiger partial charge on any atom is -0.464 e. The zero-order valence-corrected chi connectivity index (χ0v) is 10.5. The molecule has 0 aliphatic rings. The van der Waals surface area contributed by atoms with Crippen molar-refractivity contribution < 1.29 is 17.9 Å². The van der Waals surface area contributed by atoms with Gasteiger partial charge in [-0.25, -0.2) is 22.9 Å². The molecule has 0 fully saturated rings. The van der Waals surface area contributed by atoms with Crippen molar-refractivity contribution in [1.82, 2.24) is 9.71 Å². The summed E-state index contributed by atoms with van der Waals surface area (Å²) < 4.78 is 30.2. The summed E-state index contributed by atoms with van der Waals surface area (Å²) in [5.41, 5.74) is 1.13. The van der Waals surface area contributed by atoms with Crippen LogP contribution >= 0.6 is 11.3 Å². The molecule has 1 rings (SSSR count). The summed E-state index contributed by atoms with van der Waals surface area (Å²) in [6, 6.07) is 0. The Balaban J connectivity index is 3.04. The first-order chi connectivity index (χ1) is 7.53. The van der Waals surface area contributed by atoms with Crippen molar-refractivity contribution in [1.29, 1.82) is 0 Å². The van der Waals surface area contributed by atoms with E-state index in [1.165, 1.54) is 12.6 Å². The van der Waals surface area contributed by atoms with E-state index in [1.54, 1.807) is 0 Å². The van der Waals surface area contributed by atoms with Gasteiger partial charge in [0.2, 0.25) is 0 Å². The SMILES string of the molecule is CCCNS(=O)(=O)c1scnc1C(=O)OC. The van der Waals surface area contributed by atoms with Gasteiger partial charge in [-0.15, -0.1) is 11.3 Å². The lowest BCUT2D eigenvalue weighted by molar-refractivity contribution is 0.0590. The van der Waals surface area contributed by atoms with Crippen LogP contribution < -0.4 is 4.72 Å². The minimum absolute atomic E-state index is 0.104. The number of sulfonamides is 1. The van der Waals surface area contributed by atoms with Crippen LogP contribution in [0.2, 0.25) is 0 Å². The minimum atomic E-state index is -3.66. The molecule has 1 heterocycles. The Morgan fingerprint density at radius 3 is 2.88 bits per heavy atom. The molecule has 0 atom stereocenters. The van der Waals surface area contributed by atoms with E-state index in [9.17, 15) is 13.2 Å². The van der Waals surface area contributed by atoms with Gasteiger partial charge in [-0.3, -0.25) is 0 Å². The molecule has 0 aliphatic carbocycles. The number of esters is 1. The summed E-state index contributed by atoms with van der Waals surface area (Å²) in [5.74, 6) is -0.752. The molecular weight excluding hydrogens is 252 g/mol. The molecule has 0 radical (unpaired) electrons. The molecule has 0 amide bonds. The summed E-state index contributed by atoms with van der Waals surface area (Å²) >= 11 is 0.888. The molecule has 0 saturated heterocycles.